The molecule has 3 heteroatoms. The van der Waals surface area contributed by atoms with Crippen molar-refractivity contribution < 1.29 is 4.79 Å². The van der Waals surface area contributed by atoms with Crippen LogP contribution in [0.15, 0.2) is 11.4 Å². The molecule has 0 fully saturated rings. The van der Waals surface area contributed by atoms with E-state index in [9.17, 15) is 4.79 Å². The van der Waals surface area contributed by atoms with Gasteiger partial charge in [0.1, 0.15) is 0 Å². The van der Waals surface area contributed by atoms with E-state index >= 15 is 0 Å². The third kappa shape index (κ3) is 1.46. The van der Waals surface area contributed by atoms with Crippen LogP contribution in [0.2, 0.25) is 0 Å². The standard InChI is InChI=1S/C11H15NOS/c1-3-10-9-5-7-14-11(9)4-6-12(10)8(2)13/h5,7,10H,3-4,6H2,1-2H3. The summed E-state index contributed by atoms with van der Waals surface area (Å²) in [6.07, 6.45) is 2.05. The van der Waals surface area contributed by atoms with Crippen molar-refractivity contribution in [3.8, 4) is 0 Å². The zero-order valence-electron chi connectivity index (χ0n) is 8.62. The van der Waals surface area contributed by atoms with Gasteiger partial charge in [-0.3, -0.25) is 4.79 Å². The Morgan fingerprint density at radius 2 is 2.50 bits per heavy atom. The molecule has 14 heavy (non-hydrogen) atoms. The Morgan fingerprint density at radius 3 is 3.14 bits per heavy atom. The summed E-state index contributed by atoms with van der Waals surface area (Å²) in [5.41, 5.74) is 1.37. The van der Waals surface area contributed by atoms with Crippen molar-refractivity contribution in [2.75, 3.05) is 6.54 Å². The number of nitrogens with zero attached hydrogens (tertiary/aromatic N) is 1. The molecule has 0 radical (unpaired) electrons. The maximum Gasteiger partial charge on any atom is 0.219 e. The van der Waals surface area contributed by atoms with Crippen molar-refractivity contribution in [1.29, 1.82) is 0 Å². The summed E-state index contributed by atoms with van der Waals surface area (Å²) in [5.74, 6) is 0.203. The Bertz CT molecular complexity index is 345. The van der Waals surface area contributed by atoms with E-state index in [1.54, 1.807) is 6.92 Å². The molecule has 1 amide bonds. The molecule has 0 N–H and O–H groups in total. The number of rotatable bonds is 1. The zero-order valence-corrected chi connectivity index (χ0v) is 9.43. The van der Waals surface area contributed by atoms with Crippen molar-refractivity contribution in [3.63, 3.8) is 0 Å². The van der Waals surface area contributed by atoms with Crippen LogP contribution in [0.25, 0.3) is 0 Å². The molecular weight excluding hydrogens is 194 g/mol. The van der Waals surface area contributed by atoms with Gasteiger partial charge in [-0.15, -0.1) is 11.3 Å². The van der Waals surface area contributed by atoms with E-state index in [1.807, 2.05) is 16.2 Å². The van der Waals surface area contributed by atoms with Gasteiger partial charge < -0.3 is 4.90 Å². The SMILES string of the molecule is CCC1c2ccsc2CCN1C(C)=O. The molecule has 0 saturated carbocycles. The Hall–Kier alpha value is -0.830. The van der Waals surface area contributed by atoms with Crippen LogP contribution in [0.5, 0.6) is 0 Å². The predicted molar refractivity (Wildman–Crippen MR) is 58.4 cm³/mol. The van der Waals surface area contributed by atoms with Crippen molar-refractivity contribution in [2.24, 2.45) is 0 Å². The lowest BCUT2D eigenvalue weighted by Crippen LogP contribution is -2.37. The number of hydrogen-bond acceptors (Lipinski definition) is 2. The number of thiophene rings is 1. The lowest BCUT2D eigenvalue weighted by Gasteiger charge is -2.34. The van der Waals surface area contributed by atoms with Gasteiger partial charge in [-0.1, -0.05) is 6.92 Å². The van der Waals surface area contributed by atoms with Crippen molar-refractivity contribution >= 4 is 17.2 Å². The average Bonchev–Trinajstić information content (AvgIpc) is 2.63. The van der Waals surface area contributed by atoms with Gasteiger partial charge in [0.2, 0.25) is 5.91 Å². The highest BCUT2D eigenvalue weighted by molar-refractivity contribution is 7.10. The monoisotopic (exact) mass is 209 g/mol. The second-order valence-electron chi connectivity index (χ2n) is 3.69. The smallest absolute Gasteiger partial charge is 0.219 e. The summed E-state index contributed by atoms with van der Waals surface area (Å²) >= 11 is 1.82. The van der Waals surface area contributed by atoms with Gasteiger partial charge in [0.15, 0.2) is 0 Å². The highest BCUT2D eigenvalue weighted by Gasteiger charge is 2.28. The third-order valence-electron chi connectivity index (χ3n) is 2.89. The van der Waals surface area contributed by atoms with Crippen LogP contribution in [0.3, 0.4) is 0 Å². The highest BCUT2D eigenvalue weighted by atomic mass is 32.1. The molecule has 1 aliphatic rings. The number of carbonyl (C=O) groups excluding carboxylic acids is 1. The molecule has 2 nitrogen and oxygen atoms in total. The molecule has 0 aliphatic carbocycles. The molecule has 1 atom stereocenters. The minimum Gasteiger partial charge on any atom is -0.336 e. The predicted octanol–water partition coefficient (Wildman–Crippen LogP) is 2.60. The Kier molecular flexibility index (Phi) is 2.59. The second-order valence-corrected chi connectivity index (χ2v) is 4.69. The number of hydrogen-bond donors (Lipinski definition) is 0. The number of fused-ring (bicyclic) bond motifs is 1. The molecule has 1 aliphatic heterocycles. The van der Waals surface area contributed by atoms with Gasteiger partial charge in [0, 0.05) is 18.3 Å². The molecule has 1 aromatic rings. The van der Waals surface area contributed by atoms with E-state index < -0.39 is 0 Å². The van der Waals surface area contributed by atoms with Crippen molar-refractivity contribution in [1.82, 2.24) is 4.90 Å². The van der Waals surface area contributed by atoms with E-state index in [2.05, 4.69) is 18.4 Å². The summed E-state index contributed by atoms with van der Waals surface area (Å²) in [6, 6.07) is 2.49. The van der Waals surface area contributed by atoms with E-state index in [4.69, 9.17) is 0 Å². The highest BCUT2D eigenvalue weighted by Crippen LogP contribution is 2.34. The van der Waals surface area contributed by atoms with Crippen LogP contribution in [0.4, 0.5) is 0 Å². The Morgan fingerprint density at radius 1 is 1.71 bits per heavy atom. The van der Waals surface area contributed by atoms with E-state index in [1.165, 1.54) is 10.4 Å². The van der Waals surface area contributed by atoms with E-state index in [-0.39, 0.29) is 5.91 Å². The first-order valence-corrected chi connectivity index (χ1v) is 5.95. The van der Waals surface area contributed by atoms with Crippen LogP contribution >= 0.6 is 11.3 Å². The number of amides is 1. The summed E-state index contributed by atoms with van der Waals surface area (Å²) in [4.78, 5) is 14.9. The first-order chi connectivity index (χ1) is 6.74. The van der Waals surface area contributed by atoms with Gasteiger partial charge in [0.05, 0.1) is 6.04 Å². The van der Waals surface area contributed by atoms with Gasteiger partial charge in [-0.25, -0.2) is 0 Å². The van der Waals surface area contributed by atoms with Crippen LogP contribution in [-0.2, 0) is 11.2 Å². The lowest BCUT2D eigenvalue weighted by atomic mass is 9.98. The molecule has 0 saturated heterocycles. The van der Waals surface area contributed by atoms with E-state index in [0.29, 0.717) is 6.04 Å². The summed E-state index contributed by atoms with van der Waals surface area (Å²) in [6.45, 7) is 4.70. The largest absolute Gasteiger partial charge is 0.336 e. The average molecular weight is 209 g/mol. The fourth-order valence-corrected chi connectivity index (χ4v) is 3.14. The van der Waals surface area contributed by atoms with Crippen molar-refractivity contribution in [2.45, 2.75) is 32.7 Å². The fourth-order valence-electron chi connectivity index (χ4n) is 2.21. The van der Waals surface area contributed by atoms with Gasteiger partial charge in [-0.2, -0.15) is 0 Å². The topological polar surface area (TPSA) is 20.3 Å². The molecule has 2 heterocycles. The molecule has 1 aromatic heterocycles. The van der Waals surface area contributed by atoms with Gasteiger partial charge >= 0.3 is 0 Å². The summed E-state index contributed by atoms with van der Waals surface area (Å²) in [5, 5.41) is 2.14. The fraction of sp³-hybridized carbons (Fsp3) is 0.545. The van der Waals surface area contributed by atoms with Crippen molar-refractivity contribution in [3.05, 3.63) is 21.9 Å². The van der Waals surface area contributed by atoms with E-state index in [0.717, 1.165) is 19.4 Å². The van der Waals surface area contributed by atoms with Crippen LogP contribution in [-0.4, -0.2) is 17.4 Å². The van der Waals surface area contributed by atoms with Gasteiger partial charge in [0.25, 0.3) is 0 Å². The number of carbonyl (C=O) groups is 1. The first-order valence-electron chi connectivity index (χ1n) is 5.07. The zero-order chi connectivity index (χ0) is 10.1. The second kappa shape index (κ2) is 3.73. The van der Waals surface area contributed by atoms with Crippen LogP contribution in [0.1, 0.15) is 36.8 Å². The molecular formula is C11H15NOS. The molecule has 0 bridgehead atoms. The maximum atomic E-state index is 11.4. The third-order valence-corrected chi connectivity index (χ3v) is 3.88. The summed E-state index contributed by atoms with van der Waals surface area (Å²) in [7, 11) is 0. The Balaban J connectivity index is 2.34. The minimum absolute atomic E-state index is 0.203. The Labute approximate surface area is 88.5 Å². The van der Waals surface area contributed by atoms with Crippen LogP contribution in [0, 0.1) is 0 Å². The van der Waals surface area contributed by atoms with Crippen LogP contribution < -0.4 is 0 Å². The maximum absolute atomic E-state index is 11.4. The first kappa shape index (κ1) is 9.71. The normalized spacial score (nSPS) is 20.7. The molecule has 0 aromatic carbocycles. The summed E-state index contributed by atoms with van der Waals surface area (Å²) < 4.78 is 0. The molecule has 0 spiro atoms. The molecule has 76 valence electrons. The molecule has 2 rings (SSSR count). The lowest BCUT2D eigenvalue weighted by molar-refractivity contribution is -0.131. The molecule has 1 unspecified atom stereocenters. The quantitative estimate of drug-likeness (QED) is 0.696. The minimum atomic E-state index is 0.203. The van der Waals surface area contributed by atoms with Gasteiger partial charge in [-0.05, 0) is 29.9 Å².